The second kappa shape index (κ2) is 6.70. The molecular weight excluding hydrogens is 266 g/mol. The first-order valence-corrected chi connectivity index (χ1v) is 6.71. The molecule has 0 aliphatic heterocycles. The molecule has 1 N–H and O–H groups in total. The number of rotatable bonds is 5. The van der Waals surface area contributed by atoms with E-state index in [0.29, 0.717) is 0 Å². The number of aromatic nitrogens is 1. The summed E-state index contributed by atoms with van der Waals surface area (Å²) in [5.41, 5.74) is 2.87. The average Bonchev–Trinajstić information content (AvgIpc) is 2.45. The number of hydrogen-bond donors (Lipinski definition) is 1. The smallest absolute Gasteiger partial charge is 0.305 e. The summed E-state index contributed by atoms with van der Waals surface area (Å²) >= 11 is 0. The second-order valence-corrected chi connectivity index (χ2v) is 4.88. The Morgan fingerprint density at radius 3 is 2.43 bits per heavy atom. The monoisotopic (exact) mass is 283 g/mol. The summed E-state index contributed by atoms with van der Waals surface area (Å²) in [5, 5.41) is 8.62. The van der Waals surface area contributed by atoms with Gasteiger partial charge in [0.25, 0.3) is 5.56 Å². The van der Waals surface area contributed by atoms with E-state index in [9.17, 15) is 9.59 Å². The van der Waals surface area contributed by atoms with Crippen molar-refractivity contribution < 1.29 is 9.90 Å². The Balaban J connectivity index is 2.11. The van der Waals surface area contributed by atoms with E-state index in [1.807, 2.05) is 43.3 Å². The van der Waals surface area contributed by atoms with Gasteiger partial charge in [0.1, 0.15) is 0 Å². The van der Waals surface area contributed by atoms with Gasteiger partial charge < -0.3 is 9.67 Å². The lowest BCUT2D eigenvalue weighted by atomic mass is 10.1. The molecule has 1 aromatic carbocycles. The Hall–Kier alpha value is -2.62. The third-order valence-electron chi connectivity index (χ3n) is 3.13. The minimum atomic E-state index is -0.912. The van der Waals surface area contributed by atoms with Crippen LogP contribution >= 0.6 is 0 Å². The van der Waals surface area contributed by atoms with Gasteiger partial charge in [0.05, 0.1) is 6.42 Å². The number of pyridine rings is 1. The summed E-state index contributed by atoms with van der Waals surface area (Å²) in [6, 6.07) is 11.4. The second-order valence-electron chi connectivity index (χ2n) is 4.88. The molecule has 1 aromatic heterocycles. The molecule has 2 rings (SSSR count). The molecule has 0 radical (unpaired) electrons. The van der Waals surface area contributed by atoms with Crippen molar-refractivity contribution in [3.05, 3.63) is 69.6 Å². The third kappa shape index (κ3) is 4.45. The van der Waals surface area contributed by atoms with Crippen molar-refractivity contribution in [2.24, 2.45) is 0 Å². The van der Waals surface area contributed by atoms with Crippen LogP contribution in [-0.2, 0) is 11.3 Å². The fourth-order valence-corrected chi connectivity index (χ4v) is 1.90. The van der Waals surface area contributed by atoms with Gasteiger partial charge in [-0.3, -0.25) is 9.59 Å². The summed E-state index contributed by atoms with van der Waals surface area (Å²) < 4.78 is 1.40. The summed E-state index contributed by atoms with van der Waals surface area (Å²) in [7, 11) is 0. The number of carbonyl (C=O) groups is 1. The van der Waals surface area contributed by atoms with Gasteiger partial charge in [-0.1, -0.05) is 42.0 Å². The van der Waals surface area contributed by atoms with Crippen LogP contribution < -0.4 is 5.56 Å². The van der Waals surface area contributed by atoms with Crippen LogP contribution in [0, 0.1) is 6.92 Å². The number of aryl methyl sites for hydroxylation is 2. The Bertz CT molecular complexity index is 712. The molecule has 0 bridgehead atoms. The number of benzene rings is 1. The first kappa shape index (κ1) is 14.8. The highest BCUT2D eigenvalue weighted by Crippen LogP contribution is 2.08. The largest absolute Gasteiger partial charge is 0.481 e. The topological polar surface area (TPSA) is 59.3 Å². The summed E-state index contributed by atoms with van der Waals surface area (Å²) in [4.78, 5) is 22.4. The molecule has 0 saturated heterocycles. The van der Waals surface area contributed by atoms with Crippen molar-refractivity contribution in [2.75, 3.05) is 0 Å². The number of carboxylic acids is 1. The summed E-state index contributed by atoms with van der Waals surface area (Å²) in [5.74, 6) is -0.912. The van der Waals surface area contributed by atoms with Gasteiger partial charge in [0, 0.05) is 18.8 Å². The van der Waals surface area contributed by atoms with Crippen molar-refractivity contribution in [3.63, 3.8) is 0 Å². The Morgan fingerprint density at radius 1 is 1.14 bits per heavy atom. The predicted octanol–water partition coefficient (Wildman–Crippen LogP) is 2.80. The van der Waals surface area contributed by atoms with Crippen molar-refractivity contribution in [1.29, 1.82) is 0 Å². The Labute approximate surface area is 123 Å². The number of hydrogen-bond acceptors (Lipinski definition) is 2. The zero-order valence-electron chi connectivity index (χ0n) is 11.8. The van der Waals surface area contributed by atoms with E-state index in [1.165, 1.54) is 16.2 Å². The molecule has 0 aliphatic carbocycles. The van der Waals surface area contributed by atoms with Crippen molar-refractivity contribution in [3.8, 4) is 0 Å². The zero-order chi connectivity index (χ0) is 15.2. The molecule has 4 nitrogen and oxygen atoms in total. The van der Waals surface area contributed by atoms with Crippen LogP contribution in [-0.4, -0.2) is 15.6 Å². The fourth-order valence-electron chi connectivity index (χ4n) is 1.90. The lowest BCUT2D eigenvalue weighted by molar-refractivity contribution is -0.137. The van der Waals surface area contributed by atoms with Gasteiger partial charge >= 0.3 is 5.97 Å². The van der Waals surface area contributed by atoms with Crippen LogP contribution in [0.15, 0.2) is 47.4 Å². The van der Waals surface area contributed by atoms with Crippen LogP contribution in [0.5, 0.6) is 0 Å². The SMILES string of the molecule is Cc1ccc(/C=C/c2ccn(CCC(=O)O)c(=O)c2)cc1. The van der Waals surface area contributed by atoms with E-state index in [4.69, 9.17) is 5.11 Å². The van der Waals surface area contributed by atoms with Crippen LogP contribution in [0.4, 0.5) is 0 Å². The fraction of sp³-hybridized carbons (Fsp3) is 0.176. The van der Waals surface area contributed by atoms with E-state index in [0.717, 1.165) is 11.1 Å². The van der Waals surface area contributed by atoms with E-state index in [1.54, 1.807) is 12.3 Å². The highest BCUT2D eigenvalue weighted by Gasteiger charge is 2.00. The third-order valence-corrected chi connectivity index (χ3v) is 3.13. The van der Waals surface area contributed by atoms with Gasteiger partial charge in [0.2, 0.25) is 0 Å². The van der Waals surface area contributed by atoms with Gasteiger partial charge in [-0.25, -0.2) is 0 Å². The molecular formula is C17H17NO3. The molecule has 2 aromatic rings. The van der Waals surface area contributed by atoms with E-state index >= 15 is 0 Å². The van der Waals surface area contributed by atoms with Crippen molar-refractivity contribution in [1.82, 2.24) is 4.57 Å². The van der Waals surface area contributed by atoms with Gasteiger partial charge in [0.15, 0.2) is 0 Å². The van der Waals surface area contributed by atoms with E-state index in [-0.39, 0.29) is 18.5 Å². The highest BCUT2D eigenvalue weighted by molar-refractivity contribution is 5.69. The molecule has 0 unspecified atom stereocenters. The first-order chi connectivity index (χ1) is 10.0. The highest BCUT2D eigenvalue weighted by atomic mass is 16.4. The maximum Gasteiger partial charge on any atom is 0.305 e. The van der Waals surface area contributed by atoms with Crippen LogP contribution in [0.25, 0.3) is 12.2 Å². The molecule has 0 spiro atoms. The van der Waals surface area contributed by atoms with Crippen LogP contribution in [0.1, 0.15) is 23.1 Å². The van der Waals surface area contributed by atoms with Gasteiger partial charge in [-0.05, 0) is 24.1 Å². The Morgan fingerprint density at radius 2 is 1.81 bits per heavy atom. The van der Waals surface area contributed by atoms with Crippen molar-refractivity contribution >= 4 is 18.1 Å². The zero-order valence-corrected chi connectivity index (χ0v) is 11.8. The minimum absolute atomic E-state index is 0.0571. The standard InChI is InChI=1S/C17H17NO3/c1-13-2-4-14(5-3-13)6-7-15-8-10-18(16(19)12-15)11-9-17(20)21/h2-8,10,12H,9,11H2,1H3,(H,20,21)/b7-6+. The molecule has 108 valence electrons. The molecule has 1 heterocycles. The maximum absolute atomic E-state index is 11.8. The molecule has 0 aliphatic rings. The quantitative estimate of drug-likeness (QED) is 0.918. The molecule has 0 amide bonds. The predicted molar refractivity (Wildman–Crippen MR) is 83.1 cm³/mol. The van der Waals surface area contributed by atoms with Gasteiger partial charge in [-0.2, -0.15) is 0 Å². The molecule has 0 atom stereocenters. The minimum Gasteiger partial charge on any atom is -0.481 e. The molecule has 21 heavy (non-hydrogen) atoms. The molecule has 0 fully saturated rings. The van der Waals surface area contributed by atoms with Crippen LogP contribution in [0.3, 0.4) is 0 Å². The summed E-state index contributed by atoms with van der Waals surface area (Å²) in [6.45, 7) is 2.22. The maximum atomic E-state index is 11.8. The normalized spacial score (nSPS) is 10.9. The molecule has 4 heteroatoms. The Kier molecular flexibility index (Phi) is 4.72. The van der Waals surface area contributed by atoms with Crippen molar-refractivity contribution in [2.45, 2.75) is 19.9 Å². The number of nitrogens with zero attached hydrogens (tertiary/aromatic N) is 1. The number of aliphatic carboxylic acids is 1. The lowest BCUT2D eigenvalue weighted by Crippen LogP contribution is -2.20. The average molecular weight is 283 g/mol. The van der Waals surface area contributed by atoms with E-state index in [2.05, 4.69) is 0 Å². The first-order valence-electron chi connectivity index (χ1n) is 6.71. The summed E-state index contributed by atoms with van der Waals surface area (Å²) in [6.07, 6.45) is 5.38. The molecule has 0 saturated carbocycles. The number of carboxylic acid groups (broad SMARTS) is 1. The van der Waals surface area contributed by atoms with Crippen LogP contribution in [0.2, 0.25) is 0 Å². The van der Waals surface area contributed by atoms with E-state index < -0.39 is 5.97 Å². The van der Waals surface area contributed by atoms with Gasteiger partial charge in [-0.15, -0.1) is 0 Å². The lowest BCUT2D eigenvalue weighted by Gasteiger charge is -2.03.